The van der Waals surface area contributed by atoms with E-state index in [0.717, 1.165) is 85.6 Å². The van der Waals surface area contributed by atoms with Gasteiger partial charge in [-0.15, -0.1) is 0 Å². The van der Waals surface area contributed by atoms with E-state index in [1.165, 1.54) is 0 Å². The lowest BCUT2D eigenvalue weighted by atomic mass is 9.92. The number of amides is 1. The van der Waals surface area contributed by atoms with Crippen molar-refractivity contribution in [2.24, 2.45) is 5.92 Å². The topological polar surface area (TPSA) is 59.4 Å². The van der Waals surface area contributed by atoms with Crippen molar-refractivity contribution in [2.45, 2.75) is 57.5 Å². The first-order valence-electron chi connectivity index (χ1n) is 12.7. The highest BCUT2D eigenvalue weighted by Gasteiger charge is 2.39. The minimum atomic E-state index is 0.187. The normalized spacial score (nSPS) is 20.7. The number of fused-ring (bicyclic) bond motifs is 1. The van der Waals surface area contributed by atoms with Gasteiger partial charge < -0.3 is 15.0 Å². The number of nitrogens with zero attached hydrogens (tertiary/aromatic N) is 3. The molecule has 176 valence electrons. The Morgan fingerprint density at radius 1 is 1.00 bits per heavy atom. The van der Waals surface area contributed by atoms with Crippen LogP contribution in [0.5, 0.6) is 11.5 Å². The highest BCUT2D eigenvalue weighted by Crippen LogP contribution is 2.46. The van der Waals surface area contributed by atoms with Crippen molar-refractivity contribution in [3.05, 3.63) is 60.3 Å². The molecule has 1 saturated heterocycles. The lowest BCUT2D eigenvalue weighted by Crippen LogP contribution is -2.43. The predicted molar refractivity (Wildman–Crippen MR) is 133 cm³/mol. The number of carbonyl (C=O) groups excluding carboxylic acids is 1. The molecule has 3 aromatic rings. The minimum Gasteiger partial charge on any atom is -0.456 e. The summed E-state index contributed by atoms with van der Waals surface area (Å²) >= 11 is 0. The van der Waals surface area contributed by atoms with Gasteiger partial charge in [-0.1, -0.05) is 18.2 Å². The van der Waals surface area contributed by atoms with E-state index in [0.29, 0.717) is 6.04 Å². The first-order chi connectivity index (χ1) is 16.7. The van der Waals surface area contributed by atoms with Gasteiger partial charge in [-0.2, -0.15) is 5.10 Å². The number of aromatic nitrogens is 2. The second-order valence-electron chi connectivity index (χ2n) is 9.89. The second-order valence-corrected chi connectivity index (χ2v) is 9.89. The van der Waals surface area contributed by atoms with E-state index < -0.39 is 0 Å². The molecule has 0 bridgehead atoms. The highest BCUT2D eigenvalue weighted by molar-refractivity contribution is 5.99. The van der Waals surface area contributed by atoms with Crippen molar-refractivity contribution in [3.63, 3.8) is 0 Å². The van der Waals surface area contributed by atoms with Gasteiger partial charge in [-0.3, -0.25) is 9.48 Å². The molecular formula is C28H32N4O2. The summed E-state index contributed by atoms with van der Waals surface area (Å²) < 4.78 is 8.68. The van der Waals surface area contributed by atoms with Crippen LogP contribution in [0, 0.1) is 5.92 Å². The first kappa shape index (κ1) is 21.4. The van der Waals surface area contributed by atoms with Gasteiger partial charge in [0.25, 0.3) is 0 Å². The smallest absolute Gasteiger partial charge is 0.230 e. The number of nitrogens with one attached hydrogen (secondary N) is 1. The monoisotopic (exact) mass is 456 g/mol. The lowest BCUT2D eigenvalue weighted by molar-refractivity contribution is -0.120. The molecular weight excluding hydrogens is 424 g/mol. The number of benzene rings is 2. The van der Waals surface area contributed by atoms with E-state index in [2.05, 4.69) is 41.3 Å². The molecule has 0 radical (unpaired) electrons. The molecule has 6 heteroatoms. The van der Waals surface area contributed by atoms with E-state index in [1.807, 2.05) is 35.2 Å². The van der Waals surface area contributed by atoms with Gasteiger partial charge in [0.05, 0.1) is 17.4 Å². The summed E-state index contributed by atoms with van der Waals surface area (Å²) in [6.45, 7) is 4.23. The molecule has 6 nitrogen and oxygen atoms in total. The number of hydrogen-bond acceptors (Lipinski definition) is 4. The van der Waals surface area contributed by atoms with Crippen molar-refractivity contribution in [1.29, 1.82) is 0 Å². The lowest BCUT2D eigenvalue weighted by Gasteiger charge is -2.36. The Hall–Kier alpha value is -3.12. The van der Waals surface area contributed by atoms with Crippen LogP contribution in [0.3, 0.4) is 0 Å². The van der Waals surface area contributed by atoms with Crippen LogP contribution < -0.4 is 15.0 Å². The molecule has 3 heterocycles. The fourth-order valence-corrected chi connectivity index (χ4v) is 5.35. The van der Waals surface area contributed by atoms with Crippen LogP contribution >= 0.6 is 0 Å². The summed E-state index contributed by atoms with van der Waals surface area (Å²) in [5.74, 6) is 2.09. The molecule has 6 rings (SSSR count). The maximum Gasteiger partial charge on any atom is 0.230 e. The third kappa shape index (κ3) is 4.00. The zero-order valence-corrected chi connectivity index (χ0v) is 19.7. The number of piperidine rings is 1. The fourth-order valence-electron chi connectivity index (χ4n) is 5.35. The molecule has 1 saturated carbocycles. The van der Waals surface area contributed by atoms with E-state index in [9.17, 15) is 4.79 Å². The summed E-state index contributed by atoms with van der Waals surface area (Å²) in [6, 6.07) is 16.9. The number of ether oxygens (including phenoxy) is 1. The van der Waals surface area contributed by atoms with Crippen LogP contribution in [0.2, 0.25) is 0 Å². The van der Waals surface area contributed by atoms with Gasteiger partial charge in [0.1, 0.15) is 11.5 Å². The summed E-state index contributed by atoms with van der Waals surface area (Å²) in [5, 5.41) is 8.42. The molecule has 1 aliphatic carbocycles. The number of anilines is 1. The molecule has 1 aromatic heterocycles. The average molecular weight is 457 g/mol. The molecule has 0 spiro atoms. The van der Waals surface area contributed by atoms with Crippen LogP contribution in [0.15, 0.2) is 54.7 Å². The maximum atomic E-state index is 13.2. The number of carbonyl (C=O) groups is 1. The van der Waals surface area contributed by atoms with Crippen LogP contribution in [0.25, 0.3) is 11.3 Å². The van der Waals surface area contributed by atoms with Gasteiger partial charge in [-0.05, 0) is 88.9 Å². The van der Waals surface area contributed by atoms with E-state index >= 15 is 0 Å². The van der Waals surface area contributed by atoms with E-state index in [-0.39, 0.29) is 17.9 Å². The van der Waals surface area contributed by atoms with E-state index in [1.54, 1.807) is 0 Å². The Bertz CT molecular complexity index is 1180. The van der Waals surface area contributed by atoms with Gasteiger partial charge in [0.15, 0.2) is 0 Å². The highest BCUT2D eigenvalue weighted by atomic mass is 16.5. The Morgan fingerprint density at radius 2 is 1.79 bits per heavy atom. The largest absolute Gasteiger partial charge is 0.456 e. The summed E-state index contributed by atoms with van der Waals surface area (Å²) in [7, 11) is 0. The molecule has 2 aliphatic heterocycles. The standard InChI is InChI=1S/C28H32N4O2/c1-19-7-10-24-26(32(19)28(33)20-8-9-20)12-11-23(27(24)34-22-5-3-2-4-6-22)25-15-18-31(30-25)21-13-16-29-17-14-21/h2-6,11-12,15,18-21,29H,7-10,13-14,16-17H2,1H3. The summed E-state index contributed by atoms with van der Waals surface area (Å²) in [5.41, 5.74) is 4.03. The molecule has 1 amide bonds. The predicted octanol–water partition coefficient (Wildman–Crippen LogP) is 5.34. The van der Waals surface area contributed by atoms with Crippen LogP contribution in [-0.2, 0) is 11.2 Å². The third-order valence-corrected chi connectivity index (χ3v) is 7.44. The zero-order chi connectivity index (χ0) is 23.1. The third-order valence-electron chi connectivity index (χ3n) is 7.44. The Balaban J connectivity index is 1.43. The van der Waals surface area contributed by atoms with Crippen LogP contribution in [-0.4, -0.2) is 34.8 Å². The van der Waals surface area contributed by atoms with Crippen molar-refractivity contribution in [3.8, 4) is 22.8 Å². The van der Waals surface area contributed by atoms with Crippen molar-refractivity contribution in [1.82, 2.24) is 15.1 Å². The number of hydrogen-bond donors (Lipinski definition) is 1. The Labute approximate surface area is 200 Å². The SMILES string of the molecule is CC1CCc2c(ccc(-c3ccn(C4CCNCC4)n3)c2Oc2ccccc2)N1C(=O)C1CC1. The molecule has 1 unspecified atom stereocenters. The molecule has 2 fully saturated rings. The molecule has 1 N–H and O–H groups in total. The first-order valence-corrected chi connectivity index (χ1v) is 12.7. The van der Waals surface area contributed by atoms with Gasteiger partial charge >= 0.3 is 0 Å². The van der Waals surface area contributed by atoms with Crippen molar-refractivity contribution >= 4 is 11.6 Å². The fraction of sp³-hybridized carbons (Fsp3) is 0.429. The van der Waals surface area contributed by atoms with Gasteiger partial charge in [0, 0.05) is 29.3 Å². The summed E-state index contributed by atoms with van der Waals surface area (Å²) in [6.07, 6.45) is 8.12. The molecule has 2 aromatic carbocycles. The zero-order valence-electron chi connectivity index (χ0n) is 19.7. The molecule has 3 aliphatic rings. The minimum absolute atomic E-state index is 0.187. The van der Waals surface area contributed by atoms with Crippen LogP contribution in [0.4, 0.5) is 5.69 Å². The maximum absolute atomic E-state index is 13.2. The Kier molecular flexibility index (Phi) is 5.61. The van der Waals surface area contributed by atoms with Crippen molar-refractivity contribution in [2.75, 3.05) is 18.0 Å². The molecule has 1 atom stereocenters. The number of para-hydroxylation sites is 1. The van der Waals surface area contributed by atoms with Gasteiger partial charge in [0.2, 0.25) is 5.91 Å². The Morgan fingerprint density at radius 3 is 2.56 bits per heavy atom. The molecule has 34 heavy (non-hydrogen) atoms. The average Bonchev–Trinajstić information content (AvgIpc) is 3.61. The second kappa shape index (κ2) is 8.91. The van der Waals surface area contributed by atoms with E-state index in [4.69, 9.17) is 9.84 Å². The number of rotatable bonds is 5. The van der Waals surface area contributed by atoms with Crippen molar-refractivity contribution < 1.29 is 9.53 Å². The van der Waals surface area contributed by atoms with Crippen LogP contribution in [0.1, 0.15) is 50.6 Å². The summed E-state index contributed by atoms with van der Waals surface area (Å²) in [4.78, 5) is 15.2. The van der Waals surface area contributed by atoms with Gasteiger partial charge in [-0.25, -0.2) is 0 Å². The quantitative estimate of drug-likeness (QED) is 0.563.